The number of aromatic nitrogens is 1. The molecule has 3 aromatic rings. The summed E-state index contributed by atoms with van der Waals surface area (Å²) in [5, 5.41) is 0.633. The number of aldehydes is 1. The van der Waals surface area contributed by atoms with Gasteiger partial charge >= 0.3 is 0 Å². The molecule has 0 radical (unpaired) electrons. The van der Waals surface area contributed by atoms with E-state index in [4.69, 9.17) is 0 Å². The van der Waals surface area contributed by atoms with Crippen LogP contribution in [0.25, 0.3) is 16.5 Å². The van der Waals surface area contributed by atoms with Gasteiger partial charge in [-0.1, -0.05) is 49.0 Å². The van der Waals surface area contributed by atoms with Crippen molar-refractivity contribution in [2.75, 3.05) is 0 Å². The summed E-state index contributed by atoms with van der Waals surface area (Å²) in [7, 11) is 0. The number of hydrogen-bond acceptors (Lipinski definition) is 4. The highest BCUT2D eigenvalue weighted by Crippen LogP contribution is 2.34. The molecule has 0 unspecified atom stereocenters. The molecule has 1 aromatic heterocycles. The second-order valence-corrected chi connectivity index (χ2v) is 5.57. The maximum Gasteiger partial charge on any atom is 0.212 e. The van der Waals surface area contributed by atoms with Crippen LogP contribution in [0.1, 0.15) is 37.5 Å². The fourth-order valence-electron chi connectivity index (χ4n) is 3.13. The van der Waals surface area contributed by atoms with E-state index in [1.54, 1.807) is 48.5 Å². The van der Waals surface area contributed by atoms with Crippen LogP contribution in [0, 0.1) is 0 Å². The highest BCUT2D eigenvalue weighted by atomic mass is 16.1. The third-order valence-electron chi connectivity index (χ3n) is 4.21. The molecule has 4 nitrogen and oxygen atoms in total. The van der Waals surface area contributed by atoms with Gasteiger partial charge in [-0.05, 0) is 6.07 Å². The number of ketones is 2. The minimum Gasteiger partial charge on any atom is -0.298 e. The number of rotatable bonds is 2. The van der Waals surface area contributed by atoms with Gasteiger partial charge in [0, 0.05) is 27.6 Å². The third-order valence-corrected chi connectivity index (χ3v) is 4.21. The van der Waals surface area contributed by atoms with Crippen LogP contribution >= 0.6 is 0 Å². The van der Waals surface area contributed by atoms with Gasteiger partial charge in [0.25, 0.3) is 0 Å². The molecule has 0 N–H and O–H groups in total. The number of carbonyl (C=O) groups excluding carboxylic acids is 3. The predicted molar refractivity (Wildman–Crippen MR) is 90.1 cm³/mol. The minimum atomic E-state index is -0.314. The summed E-state index contributed by atoms with van der Waals surface area (Å²) in [5.41, 5.74) is 2.00. The van der Waals surface area contributed by atoms with E-state index < -0.39 is 0 Å². The van der Waals surface area contributed by atoms with Gasteiger partial charge in [0.15, 0.2) is 5.78 Å². The molecule has 0 saturated heterocycles. The fraction of sp³-hybridized carbons (Fsp3) is 0. The molecule has 0 atom stereocenters. The molecule has 0 saturated carbocycles. The highest BCUT2D eigenvalue weighted by Gasteiger charge is 2.34. The zero-order chi connectivity index (χ0) is 16.8. The molecular formula is C20H11NO3. The first kappa shape index (κ1) is 14.2. The summed E-state index contributed by atoms with van der Waals surface area (Å²) in [6.07, 6.45) is 0.598. The van der Waals surface area contributed by atoms with Crippen molar-refractivity contribution in [3.05, 3.63) is 83.1 Å². The van der Waals surface area contributed by atoms with Crippen LogP contribution in [-0.4, -0.2) is 22.8 Å². The topological polar surface area (TPSA) is 64.1 Å². The molecule has 0 amide bonds. The van der Waals surface area contributed by atoms with E-state index in [-0.39, 0.29) is 28.4 Å². The average molecular weight is 313 g/mol. The van der Waals surface area contributed by atoms with Crippen molar-refractivity contribution < 1.29 is 14.4 Å². The van der Waals surface area contributed by atoms with E-state index in [9.17, 15) is 14.4 Å². The Morgan fingerprint density at radius 3 is 2.25 bits per heavy atom. The van der Waals surface area contributed by atoms with Crippen molar-refractivity contribution in [3.63, 3.8) is 0 Å². The number of allylic oxidation sites excluding steroid dienone is 1. The number of pyridine rings is 1. The molecule has 1 aliphatic carbocycles. The van der Waals surface area contributed by atoms with E-state index in [2.05, 4.69) is 11.6 Å². The van der Waals surface area contributed by atoms with Crippen LogP contribution in [0.5, 0.6) is 0 Å². The second-order valence-electron chi connectivity index (χ2n) is 5.57. The average Bonchev–Trinajstić information content (AvgIpc) is 2.63. The van der Waals surface area contributed by atoms with Crippen molar-refractivity contribution in [2.45, 2.75) is 0 Å². The Morgan fingerprint density at radius 2 is 1.54 bits per heavy atom. The van der Waals surface area contributed by atoms with Crippen LogP contribution in [0.15, 0.2) is 55.1 Å². The largest absolute Gasteiger partial charge is 0.298 e. The van der Waals surface area contributed by atoms with Crippen molar-refractivity contribution >= 4 is 34.3 Å². The first-order chi connectivity index (χ1) is 11.6. The number of carbonyl (C=O) groups is 3. The highest BCUT2D eigenvalue weighted by molar-refractivity contribution is 6.31. The van der Waals surface area contributed by atoms with Crippen molar-refractivity contribution in [3.8, 4) is 0 Å². The van der Waals surface area contributed by atoms with Gasteiger partial charge in [0.2, 0.25) is 5.78 Å². The Labute approximate surface area is 137 Å². The van der Waals surface area contributed by atoms with Crippen molar-refractivity contribution in [1.82, 2.24) is 4.98 Å². The van der Waals surface area contributed by atoms with Gasteiger partial charge in [0.05, 0.1) is 11.1 Å². The monoisotopic (exact) mass is 313 g/mol. The number of fused-ring (bicyclic) bond motifs is 3. The fourth-order valence-corrected chi connectivity index (χ4v) is 3.13. The maximum atomic E-state index is 13.0. The lowest BCUT2D eigenvalue weighted by atomic mass is 9.82. The van der Waals surface area contributed by atoms with Crippen LogP contribution < -0.4 is 0 Å². The van der Waals surface area contributed by atoms with Crippen LogP contribution in [0.3, 0.4) is 0 Å². The zero-order valence-corrected chi connectivity index (χ0v) is 12.6. The summed E-state index contributed by atoms with van der Waals surface area (Å²) in [4.78, 5) is 41.6. The molecule has 0 bridgehead atoms. The molecule has 1 aliphatic rings. The Hall–Kier alpha value is -3.40. The van der Waals surface area contributed by atoms with Gasteiger partial charge in [-0.2, -0.15) is 0 Å². The summed E-state index contributed by atoms with van der Waals surface area (Å²) in [6.45, 7) is 3.76. The molecule has 4 heteroatoms. The SMILES string of the molecule is C=C(C=O)c1c2c(nc3ccccc13)C(=O)c1ccccc1C2=O. The van der Waals surface area contributed by atoms with Crippen LogP contribution in [0.2, 0.25) is 0 Å². The number of nitrogens with zero attached hydrogens (tertiary/aromatic N) is 1. The number of benzene rings is 2. The van der Waals surface area contributed by atoms with Gasteiger partial charge in [-0.25, -0.2) is 4.98 Å². The standard InChI is InChI=1S/C20H11NO3/c1-11(10-22)16-14-8-4-5-9-15(14)21-18-17(16)19(23)12-6-2-3-7-13(12)20(18)24/h2-10H,1H2. The third kappa shape index (κ3) is 1.80. The molecule has 2 aromatic carbocycles. The van der Waals surface area contributed by atoms with Crippen LogP contribution in [0.4, 0.5) is 0 Å². The molecular weight excluding hydrogens is 302 g/mol. The van der Waals surface area contributed by atoms with E-state index in [1.165, 1.54) is 0 Å². The molecule has 114 valence electrons. The van der Waals surface area contributed by atoms with Crippen molar-refractivity contribution in [2.24, 2.45) is 0 Å². The molecule has 4 rings (SSSR count). The Balaban J connectivity index is 2.18. The number of hydrogen-bond donors (Lipinski definition) is 0. The van der Waals surface area contributed by atoms with E-state index in [0.717, 1.165) is 0 Å². The minimum absolute atomic E-state index is 0.0791. The Morgan fingerprint density at radius 1 is 0.917 bits per heavy atom. The summed E-state index contributed by atoms with van der Waals surface area (Å²) < 4.78 is 0. The molecule has 0 fully saturated rings. The van der Waals surface area contributed by atoms with E-state index in [0.29, 0.717) is 33.9 Å². The van der Waals surface area contributed by atoms with Gasteiger partial charge < -0.3 is 0 Å². The molecule has 24 heavy (non-hydrogen) atoms. The lowest BCUT2D eigenvalue weighted by molar-refractivity contribution is -0.103. The van der Waals surface area contributed by atoms with Crippen molar-refractivity contribution in [1.29, 1.82) is 0 Å². The van der Waals surface area contributed by atoms with Crippen LogP contribution in [-0.2, 0) is 4.79 Å². The molecule has 1 heterocycles. The lowest BCUT2D eigenvalue weighted by Gasteiger charge is -2.20. The van der Waals surface area contributed by atoms with E-state index in [1.807, 2.05) is 0 Å². The smallest absolute Gasteiger partial charge is 0.212 e. The number of para-hydroxylation sites is 1. The van der Waals surface area contributed by atoms with Gasteiger partial charge in [-0.3, -0.25) is 14.4 Å². The lowest BCUT2D eigenvalue weighted by Crippen LogP contribution is -2.24. The summed E-state index contributed by atoms with van der Waals surface area (Å²) in [5.74, 6) is -0.623. The zero-order valence-electron chi connectivity index (χ0n) is 12.6. The first-order valence-corrected chi connectivity index (χ1v) is 7.39. The van der Waals surface area contributed by atoms with Gasteiger partial charge in [-0.15, -0.1) is 0 Å². The quantitative estimate of drug-likeness (QED) is 0.421. The Kier molecular flexibility index (Phi) is 3.00. The Bertz CT molecular complexity index is 1080. The first-order valence-electron chi connectivity index (χ1n) is 7.39. The molecule has 0 aliphatic heterocycles. The maximum absolute atomic E-state index is 13.0. The molecule has 0 spiro atoms. The predicted octanol–water partition coefficient (Wildman–Crippen LogP) is 3.22. The normalized spacial score (nSPS) is 12.7. The second kappa shape index (κ2) is 5.06. The van der Waals surface area contributed by atoms with E-state index >= 15 is 0 Å². The summed E-state index contributed by atoms with van der Waals surface area (Å²) >= 11 is 0. The van der Waals surface area contributed by atoms with Gasteiger partial charge in [0.1, 0.15) is 12.0 Å². The summed E-state index contributed by atoms with van der Waals surface area (Å²) in [6, 6.07) is 13.7.